The molecule has 0 atom stereocenters. The fourth-order valence-corrected chi connectivity index (χ4v) is 4.60. The van der Waals surface area contributed by atoms with Crippen LogP contribution in [0, 0.1) is 5.95 Å². The normalized spacial score (nSPS) is 10.8. The molecule has 2 N–H and O–H groups in total. The van der Waals surface area contributed by atoms with Crippen molar-refractivity contribution in [3.63, 3.8) is 0 Å². The van der Waals surface area contributed by atoms with Crippen LogP contribution in [-0.2, 0) is 13.5 Å². The lowest BCUT2D eigenvalue weighted by Gasteiger charge is -2.04. The van der Waals surface area contributed by atoms with Crippen molar-refractivity contribution in [2.75, 3.05) is 6.54 Å². The number of nitrogens with one attached hydrogen (secondary N) is 1. The smallest absolute Gasteiger partial charge is 0.404 e. The van der Waals surface area contributed by atoms with Gasteiger partial charge in [0.25, 0.3) is 0 Å². The molecule has 0 spiro atoms. The number of hydrogen-bond acceptors (Lipinski definition) is 5. The van der Waals surface area contributed by atoms with E-state index in [1.807, 2.05) is 23.9 Å². The first-order valence-electron chi connectivity index (χ1n) is 7.40. The topological polar surface area (TPSA) is 80.0 Å². The fourth-order valence-electron chi connectivity index (χ4n) is 2.22. The number of halogens is 1. The van der Waals surface area contributed by atoms with E-state index in [-0.39, 0.29) is 0 Å². The average molecular weight is 378 g/mol. The van der Waals surface area contributed by atoms with E-state index in [9.17, 15) is 9.18 Å². The molecule has 3 aromatic rings. The quantitative estimate of drug-likeness (QED) is 0.640. The maximum absolute atomic E-state index is 14.2. The molecule has 130 valence electrons. The van der Waals surface area contributed by atoms with Crippen LogP contribution in [0.25, 0.3) is 11.1 Å². The Kier molecular flexibility index (Phi) is 5.34. The number of aryl methyl sites for hydroxylation is 1. The summed E-state index contributed by atoms with van der Waals surface area (Å²) in [7, 11) is 1.89. The van der Waals surface area contributed by atoms with Gasteiger partial charge in [-0.1, -0.05) is 0 Å². The van der Waals surface area contributed by atoms with Crippen LogP contribution in [-0.4, -0.2) is 32.3 Å². The van der Waals surface area contributed by atoms with Gasteiger partial charge in [-0.2, -0.15) is 4.39 Å². The summed E-state index contributed by atoms with van der Waals surface area (Å²) in [6.45, 7) is 0.303. The van der Waals surface area contributed by atoms with Crippen LogP contribution < -0.4 is 5.32 Å². The van der Waals surface area contributed by atoms with E-state index < -0.39 is 12.0 Å². The molecule has 3 aromatic heterocycles. The first-order valence-corrected chi connectivity index (χ1v) is 9.03. The van der Waals surface area contributed by atoms with E-state index in [0.717, 1.165) is 19.8 Å². The number of pyridine rings is 1. The lowest BCUT2D eigenvalue weighted by molar-refractivity contribution is 0.194. The highest BCUT2D eigenvalue weighted by Gasteiger charge is 2.17. The maximum atomic E-state index is 14.2. The molecule has 0 aliphatic heterocycles. The standard InChI is InChI=1S/C16H15FN4O2S2/c1-21-8-7-19-15(21)25-14-12(11-3-2-5-18-13(11)17)9-10(24-14)4-6-20-16(22)23/h2-3,5,7-9,20H,4,6H2,1H3,(H,22,23). The molecule has 3 heterocycles. The van der Waals surface area contributed by atoms with Gasteiger partial charge in [-0.3, -0.25) is 0 Å². The Labute approximate surface area is 151 Å². The molecule has 0 radical (unpaired) electrons. The van der Waals surface area contributed by atoms with E-state index in [0.29, 0.717) is 18.5 Å². The number of amides is 1. The van der Waals surface area contributed by atoms with E-state index in [1.165, 1.54) is 29.3 Å². The summed E-state index contributed by atoms with van der Waals surface area (Å²) in [6.07, 6.45) is 4.44. The van der Waals surface area contributed by atoms with Crippen LogP contribution in [0.1, 0.15) is 4.88 Å². The summed E-state index contributed by atoms with van der Waals surface area (Å²) >= 11 is 2.95. The van der Waals surface area contributed by atoms with Crippen LogP contribution in [0.15, 0.2) is 46.2 Å². The number of carbonyl (C=O) groups is 1. The third kappa shape index (κ3) is 4.18. The fraction of sp³-hybridized carbons (Fsp3) is 0.188. The van der Waals surface area contributed by atoms with Crippen LogP contribution in [0.5, 0.6) is 0 Å². The lowest BCUT2D eigenvalue weighted by atomic mass is 10.1. The molecule has 0 unspecified atom stereocenters. The van der Waals surface area contributed by atoms with Gasteiger partial charge in [-0.05, 0) is 36.4 Å². The van der Waals surface area contributed by atoms with Gasteiger partial charge in [0, 0.05) is 48.2 Å². The van der Waals surface area contributed by atoms with Crippen LogP contribution in [0.2, 0.25) is 0 Å². The zero-order chi connectivity index (χ0) is 17.8. The minimum atomic E-state index is -1.06. The van der Waals surface area contributed by atoms with Crippen molar-refractivity contribution in [1.29, 1.82) is 0 Å². The van der Waals surface area contributed by atoms with Crippen molar-refractivity contribution in [1.82, 2.24) is 19.9 Å². The molecule has 1 amide bonds. The molecule has 9 heteroatoms. The highest BCUT2D eigenvalue weighted by molar-refractivity contribution is 8.01. The van der Waals surface area contributed by atoms with Gasteiger partial charge in [0.05, 0.1) is 4.21 Å². The Morgan fingerprint density at radius 2 is 2.24 bits per heavy atom. The largest absolute Gasteiger partial charge is 0.465 e. The molecule has 0 fully saturated rings. The molecular weight excluding hydrogens is 363 g/mol. The second-order valence-electron chi connectivity index (χ2n) is 5.16. The zero-order valence-electron chi connectivity index (χ0n) is 13.3. The van der Waals surface area contributed by atoms with Gasteiger partial charge in [0.1, 0.15) is 0 Å². The minimum absolute atomic E-state index is 0.303. The van der Waals surface area contributed by atoms with Crippen molar-refractivity contribution in [2.24, 2.45) is 7.05 Å². The number of nitrogens with zero attached hydrogens (tertiary/aromatic N) is 3. The highest BCUT2D eigenvalue weighted by atomic mass is 32.2. The van der Waals surface area contributed by atoms with Crippen LogP contribution in [0.4, 0.5) is 9.18 Å². The van der Waals surface area contributed by atoms with Crippen molar-refractivity contribution in [3.05, 3.63) is 47.6 Å². The van der Waals surface area contributed by atoms with E-state index in [4.69, 9.17) is 5.11 Å². The average Bonchev–Trinajstić information content (AvgIpc) is 3.15. The Morgan fingerprint density at radius 1 is 1.40 bits per heavy atom. The number of rotatable bonds is 6. The minimum Gasteiger partial charge on any atom is -0.465 e. The van der Waals surface area contributed by atoms with Crippen molar-refractivity contribution in [3.8, 4) is 11.1 Å². The second-order valence-corrected chi connectivity index (χ2v) is 7.53. The number of thiophene rings is 1. The summed E-state index contributed by atoms with van der Waals surface area (Å²) < 4.78 is 16.9. The highest BCUT2D eigenvalue weighted by Crippen LogP contribution is 2.42. The SMILES string of the molecule is Cn1ccnc1Sc1sc(CCNC(=O)O)cc1-c1cccnc1F. The predicted molar refractivity (Wildman–Crippen MR) is 94.6 cm³/mol. The molecule has 3 rings (SSSR count). The van der Waals surface area contributed by atoms with Gasteiger partial charge in [0.15, 0.2) is 5.16 Å². The molecule has 0 bridgehead atoms. The molecule has 6 nitrogen and oxygen atoms in total. The van der Waals surface area contributed by atoms with Crippen molar-refractivity contribution < 1.29 is 14.3 Å². The molecule has 0 saturated carbocycles. The van der Waals surface area contributed by atoms with Gasteiger partial charge in [-0.15, -0.1) is 11.3 Å². The molecule has 0 saturated heterocycles. The van der Waals surface area contributed by atoms with E-state index in [2.05, 4.69) is 15.3 Å². The third-order valence-corrected chi connectivity index (χ3v) is 5.88. The molecular formula is C16H15FN4O2S2. The summed E-state index contributed by atoms with van der Waals surface area (Å²) in [5, 5.41) is 11.8. The van der Waals surface area contributed by atoms with Crippen LogP contribution in [0.3, 0.4) is 0 Å². The number of hydrogen-bond donors (Lipinski definition) is 2. The first kappa shape index (κ1) is 17.4. The lowest BCUT2D eigenvalue weighted by Crippen LogP contribution is -2.22. The number of carboxylic acid groups (broad SMARTS) is 1. The van der Waals surface area contributed by atoms with E-state index >= 15 is 0 Å². The Bertz CT molecular complexity index is 894. The Morgan fingerprint density at radius 3 is 2.92 bits per heavy atom. The monoisotopic (exact) mass is 378 g/mol. The summed E-state index contributed by atoms with van der Waals surface area (Å²) in [5.41, 5.74) is 1.17. The molecule has 0 aromatic carbocycles. The van der Waals surface area contributed by atoms with E-state index in [1.54, 1.807) is 18.3 Å². The molecule has 0 aliphatic carbocycles. The molecule has 0 aliphatic rings. The molecule has 25 heavy (non-hydrogen) atoms. The third-order valence-electron chi connectivity index (χ3n) is 3.41. The summed E-state index contributed by atoms with van der Waals surface area (Å²) in [6, 6.07) is 5.27. The van der Waals surface area contributed by atoms with Gasteiger partial charge >= 0.3 is 6.09 Å². The number of aromatic nitrogens is 3. The van der Waals surface area contributed by atoms with Crippen molar-refractivity contribution in [2.45, 2.75) is 15.8 Å². The second kappa shape index (κ2) is 7.66. The number of imidazole rings is 1. The maximum Gasteiger partial charge on any atom is 0.404 e. The van der Waals surface area contributed by atoms with Crippen molar-refractivity contribution >= 4 is 29.2 Å². The van der Waals surface area contributed by atoms with Gasteiger partial charge in [0.2, 0.25) is 5.95 Å². The Balaban J connectivity index is 1.93. The predicted octanol–water partition coefficient (Wildman–Crippen LogP) is 3.64. The Hall–Kier alpha value is -2.39. The summed E-state index contributed by atoms with van der Waals surface area (Å²) in [4.78, 5) is 19.6. The summed E-state index contributed by atoms with van der Waals surface area (Å²) in [5.74, 6) is -0.530. The zero-order valence-corrected chi connectivity index (χ0v) is 14.9. The van der Waals surface area contributed by atoms with Gasteiger partial charge < -0.3 is 15.0 Å². The van der Waals surface area contributed by atoms with Crippen LogP contribution >= 0.6 is 23.1 Å². The first-order chi connectivity index (χ1) is 12.0. The van der Waals surface area contributed by atoms with Gasteiger partial charge in [-0.25, -0.2) is 14.8 Å².